The van der Waals surface area contributed by atoms with Gasteiger partial charge in [0.2, 0.25) is 0 Å². The molecule has 0 bridgehead atoms. The predicted octanol–water partition coefficient (Wildman–Crippen LogP) is 6.04. The topological polar surface area (TPSA) is 72.2 Å². The summed E-state index contributed by atoms with van der Waals surface area (Å²) in [5, 5.41) is 11.1. The van der Waals surface area contributed by atoms with Gasteiger partial charge in [-0.3, -0.25) is 9.20 Å². The Balaban J connectivity index is 1.44. The summed E-state index contributed by atoms with van der Waals surface area (Å²) in [4.78, 5) is 17.4. The van der Waals surface area contributed by atoms with Crippen LogP contribution in [0.5, 0.6) is 0 Å². The van der Waals surface area contributed by atoms with Gasteiger partial charge in [-0.2, -0.15) is 13.2 Å². The minimum absolute atomic E-state index is 0.369. The largest absolute Gasteiger partial charge is 0.416 e. The number of benzene rings is 3. The number of nitrogens with zero attached hydrogens (tertiary/aromatic N) is 4. The molecule has 2 heterocycles. The van der Waals surface area contributed by atoms with Gasteiger partial charge in [-0.25, -0.2) is 4.98 Å². The fourth-order valence-corrected chi connectivity index (χ4v) is 3.87. The Morgan fingerprint density at radius 1 is 0.886 bits per heavy atom. The zero-order valence-electron chi connectivity index (χ0n) is 18.4. The van der Waals surface area contributed by atoms with Crippen molar-refractivity contribution < 1.29 is 18.0 Å². The third-order valence-corrected chi connectivity index (χ3v) is 5.66. The number of rotatable bonds is 4. The smallest absolute Gasteiger partial charge is 0.319 e. The highest BCUT2D eigenvalue weighted by molar-refractivity contribution is 6.06. The average molecular weight is 473 g/mol. The van der Waals surface area contributed by atoms with Crippen molar-refractivity contribution in [1.82, 2.24) is 19.6 Å². The summed E-state index contributed by atoms with van der Waals surface area (Å²) in [7, 11) is 0. The maximum Gasteiger partial charge on any atom is 0.416 e. The molecule has 1 amide bonds. The lowest BCUT2D eigenvalue weighted by Gasteiger charge is -2.13. The second-order valence-corrected chi connectivity index (χ2v) is 7.91. The van der Waals surface area contributed by atoms with Gasteiger partial charge >= 0.3 is 6.18 Å². The SMILES string of the molecule is Cc1c(C(=O)Nc2cnc3nnc(-c4ccccc4)n3c2)cccc1-c1ccc(C(F)(F)F)cc1. The molecule has 0 atom stereocenters. The van der Waals surface area contributed by atoms with Crippen LogP contribution in [0.3, 0.4) is 0 Å². The van der Waals surface area contributed by atoms with Gasteiger partial charge < -0.3 is 5.32 Å². The molecule has 6 nitrogen and oxygen atoms in total. The van der Waals surface area contributed by atoms with Crippen LogP contribution in [-0.4, -0.2) is 25.5 Å². The average Bonchev–Trinajstić information content (AvgIpc) is 3.27. The Bertz CT molecular complexity index is 1530. The maximum atomic E-state index is 13.1. The van der Waals surface area contributed by atoms with Crippen molar-refractivity contribution in [2.24, 2.45) is 0 Å². The number of aromatic nitrogens is 4. The second kappa shape index (κ2) is 8.68. The van der Waals surface area contributed by atoms with Crippen LogP contribution in [0.25, 0.3) is 28.3 Å². The molecule has 5 aromatic rings. The molecule has 5 rings (SSSR count). The van der Waals surface area contributed by atoms with Gasteiger partial charge in [-0.05, 0) is 41.8 Å². The number of nitrogens with one attached hydrogen (secondary N) is 1. The normalized spacial score (nSPS) is 11.5. The highest BCUT2D eigenvalue weighted by Gasteiger charge is 2.30. The molecular formula is C26H18F3N5O. The van der Waals surface area contributed by atoms with Crippen molar-refractivity contribution in [3.05, 3.63) is 102 Å². The number of fused-ring (bicyclic) bond motifs is 1. The minimum Gasteiger partial charge on any atom is -0.319 e. The first-order chi connectivity index (χ1) is 16.8. The molecule has 0 saturated carbocycles. The zero-order valence-corrected chi connectivity index (χ0v) is 18.4. The molecule has 0 aliphatic heterocycles. The Morgan fingerprint density at radius 2 is 1.63 bits per heavy atom. The van der Waals surface area contributed by atoms with Crippen LogP contribution >= 0.6 is 0 Å². The van der Waals surface area contributed by atoms with Crippen molar-refractivity contribution in [2.75, 3.05) is 5.32 Å². The van der Waals surface area contributed by atoms with E-state index >= 15 is 0 Å². The number of alkyl halides is 3. The summed E-state index contributed by atoms with van der Waals surface area (Å²) >= 11 is 0. The summed E-state index contributed by atoms with van der Waals surface area (Å²) in [6, 6.07) is 19.5. The van der Waals surface area contributed by atoms with E-state index in [1.54, 1.807) is 35.7 Å². The van der Waals surface area contributed by atoms with Crippen LogP contribution in [0.1, 0.15) is 21.5 Å². The van der Waals surface area contributed by atoms with Gasteiger partial charge in [-0.15, -0.1) is 10.2 Å². The van der Waals surface area contributed by atoms with E-state index in [-0.39, 0.29) is 5.91 Å². The van der Waals surface area contributed by atoms with Crippen LogP contribution < -0.4 is 5.32 Å². The first-order valence-electron chi connectivity index (χ1n) is 10.7. The molecule has 174 valence electrons. The van der Waals surface area contributed by atoms with Gasteiger partial charge in [0.15, 0.2) is 5.82 Å². The standard InChI is InChI=1S/C26H18F3N5O/c1-16-21(17-10-12-19(13-11-17)26(27,28)29)8-5-9-22(16)24(35)31-20-14-30-25-33-32-23(34(25)15-20)18-6-3-2-4-7-18/h2-15H,1H3,(H,31,35). The number of anilines is 1. The third kappa shape index (κ3) is 4.35. The Hall–Kier alpha value is -4.53. The predicted molar refractivity (Wildman–Crippen MR) is 126 cm³/mol. The summed E-state index contributed by atoms with van der Waals surface area (Å²) < 4.78 is 40.4. The third-order valence-electron chi connectivity index (χ3n) is 5.66. The zero-order chi connectivity index (χ0) is 24.6. The lowest BCUT2D eigenvalue weighted by molar-refractivity contribution is -0.137. The van der Waals surface area contributed by atoms with Crippen molar-refractivity contribution in [2.45, 2.75) is 13.1 Å². The number of carbonyl (C=O) groups excluding carboxylic acids is 1. The highest BCUT2D eigenvalue weighted by atomic mass is 19.4. The van der Waals surface area contributed by atoms with Crippen molar-refractivity contribution in [3.8, 4) is 22.5 Å². The number of amides is 1. The van der Waals surface area contributed by atoms with E-state index in [4.69, 9.17) is 0 Å². The molecule has 0 radical (unpaired) electrons. The lowest BCUT2D eigenvalue weighted by Crippen LogP contribution is -2.14. The van der Waals surface area contributed by atoms with E-state index in [2.05, 4.69) is 20.5 Å². The molecule has 0 aliphatic rings. The molecule has 0 fully saturated rings. The number of halogens is 3. The fourth-order valence-electron chi connectivity index (χ4n) is 3.87. The Morgan fingerprint density at radius 3 is 2.34 bits per heavy atom. The molecule has 3 aromatic carbocycles. The van der Waals surface area contributed by atoms with E-state index in [0.717, 1.165) is 17.7 Å². The van der Waals surface area contributed by atoms with Crippen LogP contribution in [0.4, 0.5) is 18.9 Å². The van der Waals surface area contributed by atoms with E-state index < -0.39 is 11.7 Å². The summed E-state index contributed by atoms with van der Waals surface area (Å²) in [6.07, 6.45) is -1.22. The lowest BCUT2D eigenvalue weighted by atomic mass is 9.95. The van der Waals surface area contributed by atoms with Crippen LogP contribution in [0.15, 0.2) is 85.2 Å². The molecular weight excluding hydrogens is 455 g/mol. The van der Waals surface area contributed by atoms with Gasteiger partial charge in [0.1, 0.15) is 0 Å². The molecule has 1 N–H and O–H groups in total. The number of hydrogen-bond acceptors (Lipinski definition) is 4. The van der Waals surface area contributed by atoms with Crippen LogP contribution in [0, 0.1) is 6.92 Å². The van der Waals surface area contributed by atoms with Crippen LogP contribution in [-0.2, 0) is 6.18 Å². The summed E-state index contributed by atoms with van der Waals surface area (Å²) in [6.45, 7) is 1.76. The highest BCUT2D eigenvalue weighted by Crippen LogP contribution is 2.32. The number of hydrogen-bond donors (Lipinski definition) is 1. The Labute approximate surface area is 198 Å². The van der Waals surface area contributed by atoms with Gasteiger partial charge in [0, 0.05) is 17.3 Å². The van der Waals surface area contributed by atoms with E-state index in [0.29, 0.717) is 39.5 Å². The van der Waals surface area contributed by atoms with Crippen LogP contribution in [0.2, 0.25) is 0 Å². The maximum absolute atomic E-state index is 13.1. The minimum atomic E-state index is -4.41. The molecule has 0 aliphatic carbocycles. The first-order valence-corrected chi connectivity index (χ1v) is 10.7. The molecule has 0 unspecified atom stereocenters. The number of carbonyl (C=O) groups is 1. The van der Waals surface area contributed by atoms with Crippen molar-refractivity contribution >= 4 is 17.4 Å². The van der Waals surface area contributed by atoms with E-state index in [1.807, 2.05) is 30.3 Å². The summed E-state index contributed by atoms with van der Waals surface area (Å²) in [5.74, 6) is 0.610. The second-order valence-electron chi connectivity index (χ2n) is 7.91. The molecule has 0 saturated heterocycles. The summed E-state index contributed by atoms with van der Waals surface area (Å²) in [5.41, 5.74) is 2.88. The van der Waals surface area contributed by atoms with Crippen molar-refractivity contribution in [1.29, 1.82) is 0 Å². The van der Waals surface area contributed by atoms with Gasteiger partial charge in [-0.1, -0.05) is 54.6 Å². The molecule has 9 heteroatoms. The Kier molecular flexibility index (Phi) is 5.52. The van der Waals surface area contributed by atoms with Gasteiger partial charge in [0.25, 0.3) is 11.7 Å². The van der Waals surface area contributed by atoms with E-state index in [9.17, 15) is 18.0 Å². The van der Waals surface area contributed by atoms with E-state index in [1.165, 1.54) is 18.3 Å². The quantitative estimate of drug-likeness (QED) is 0.346. The monoisotopic (exact) mass is 473 g/mol. The molecule has 2 aromatic heterocycles. The molecule has 0 spiro atoms. The first kappa shape index (κ1) is 22.3. The fraction of sp³-hybridized carbons (Fsp3) is 0.0769. The van der Waals surface area contributed by atoms with Crippen molar-refractivity contribution in [3.63, 3.8) is 0 Å². The van der Waals surface area contributed by atoms with Gasteiger partial charge in [0.05, 0.1) is 17.4 Å². The molecule has 35 heavy (non-hydrogen) atoms.